The summed E-state index contributed by atoms with van der Waals surface area (Å²) in [4.78, 5) is 5.14. The minimum absolute atomic E-state index is 0.475. The van der Waals surface area contributed by atoms with Crippen LogP contribution in [0.15, 0.2) is 46.5 Å². The predicted octanol–water partition coefficient (Wildman–Crippen LogP) is 2.70. The Kier molecular flexibility index (Phi) is 3.70. The van der Waals surface area contributed by atoms with Gasteiger partial charge >= 0.3 is 0 Å². The van der Waals surface area contributed by atoms with E-state index in [2.05, 4.69) is 11.1 Å². The van der Waals surface area contributed by atoms with Crippen molar-refractivity contribution in [3.63, 3.8) is 0 Å². The minimum atomic E-state index is 0.475. The molecule has 1 aromatic heterocycles. The van der Waals surface area contributed by atoms with Gasteiger partial charge in [0.05, 0.1) is 24.6 Å². The second-order valence-electron chi connectivity index (χ2n) is 3.51. The number of hydrogen-bond donors (Lipinski definition) is 1. The molecule has 18 heavy (non-hydrogen) atoms. The molecular formula is C13H11N3OS. The van der Waals surface area contributed by atoms with Crippen LogP contribution >= 0.6 is 11.8 Å². The number of hydrogen-bond acceptors (Lipinski definition) is 5. The van der Waals surface area contributed by atoms with Crippen LogP contribution < -0.4 is 10.5 Å². The Balaban J connectivity index is 2.31. The van der Waals surface area contributed by atoms with Crippen LogP contribution in [0.5, 0.6) is 5.75 Å². The van der Waals surface area contributed by atoms with E-state index < -0.39 is 0 Å². The Morgan fingerprint density at radius 2 is 2.22 bits per heavy atom. The molecule has 0 amide bonds. The van der Waals surface area contributed by atoms with Crippen molar-refractivity contribution < 1.29 is 4.74 Å². The van der Waals surface area contributed by atoms with Gasteiger partial charge in [0, 0.05) is 4.90 Å². The van der Waals surface area contributed by atoms with E-state index in [1.807, 2.05) is 24.3 Å². The highest BCUT2D eigenvalue weighted by Gasteiger charge is 2.07. The molecule has 5 heteroatoms. The number of nitrogen functional groups attached to an aromatic ring is 1. The van der Waals surface area contributed by atoms with Crippen molar-refractivity contribution in [1.82, 2.24) is 4.98 Å². The third-order valence-corrected chi connectivity index (χ3v) is 3.26. The zero-order valence-electron chi connectivity index (χ0n) is 9.75. The number of aromatic nitrogens is 1. The molecule has 0 fully saturated rings. The van der Waals surface area contributed by atoms with Gasteiger partial charge in [0.1, 0.15) is 16.8 Å². The minimum Gasteiger partial charge on any atom is -0.497 e. The number of nitrogens with zero attached hydrogens (tertiary/aromatic N) is 2. The zero-order valence-corrected chi connectivity index (χ0v) is 10.6. The Morgan fingerprint density at radius 3 is 2.94 bits per heavy atom. The Morgan fingerprint density at radius 1 is 1.39 bits per heavy atom. The lowest BCUT2D eigenvalue weighted by Crippen LogP contribution is -1.92. The van der Waals surface area contributed by atoms with Gasteiger partial charge in [-0.15, -0.1) is 0 Å². The van der Waals surface area contributed by atoms with Crippen LogP contribution in [-0.2, 0) is 0 Å². The highest BCUT2D eigenvalue weighted by molar-refractivity contribution is 7.99. The lowest BCUT2D eigenvalue weighted by Gasteiger charge is -2.05. The van der Waals surface area contributed by atoms with E-state index in [1.54, 1.807) is 19.4 Å². The van der Waals surface area contributed by atoms with E-state index in [9.17, 15) is 0 Å². The van der Waals surface area contributed by atoms with Crippen LogP contribution in [0, 0.1) is 11.3 Å². The fourth-order valence-corrected chi connectivity index (χ4v) is 2.27. The van der Waals surface area contributed by atoms with Crippen molar-refractivity contribution in [3.05, 3.63) is 42.1 Å². The standard InChI is InChI=1S/C13H11N3OS/c1-17-11-3-2-4-12(6-11)18-13-9(7-14)5-10(15)8-16-13/h2-6,8H,15H2,1H3. The molecule has 0 aliphatic carbocycles. The van der Waals surface area contributed by atoms with E-state index in [0.717, 1.165) is 10.6 Å². The third-order valence-electron chi connectivity index (χ3n) is 2.25. The molecule has 0 bridgehead atoms. The molecule has 0 aliphatic rings. The fraction of sp³-hybridized carbons (Fsp3) is 0.0769. The predicted molar refractivity (Wildman–Crippen MR) is 70.5 cm³/mol. The molecule has 2 rings (SSSR count). The first-order valence-electron chi connectivity index (χ1n) is 5.20. The number of methoxy groups -OCH3 is 1. The molecule has 0 radical (unpaired) electrons. The SMILES string of the molecule is COc1cccc(Sc2ncc(N)cc2C#N)c1. The summed E-state index contributed by atoms with van der Waals surface area (Å²) in [5.74, 6) is 0.772. The van der Waals surface area contributed by atoms with Gasteiger partial charge in [-0.2, -0.15) is 5.26 Å². The van der Waals surface area contributed by atoms with Crippen molar-refractivity contribution >= 4 is 17.4 Å². The molecule has 0 atom stereocenters. The fourth-order valence-electron chi connectivity index (χ4n) is 1.41. The molecule has 1 aromatic carbocycles. The van der Waals surface area contributed by atoms with Crippen LogP contribution in [0.2, 0.25) is 0 Å². The Hall–Kier alpha value is -2.19. The van der Waals surface area contributed by atoms with Crippen LogP contribution in [0.4, 0.5) is 5.69 Å². The summed E-state index contributed by atoms with van der Waals surface area (Å²) in [5, 5.41) is 9.68. The smallest absolute Gasteiger partial charge is 0.119 e. The summed E-state index contributed by atoms with van der Waals surface area (Å²) in [6, 6.07) is 11.3. The molecule has 0 aliphatic heterocycles. The topological polar surface area (TPSA) is 71.9 Å². The molecule has 0 saturated heterocycles. The second-order valence-corrected chi connectivity index (χ2v) is 4.58. The van der Waals surface area contributed by atoms with E-state index in [1.165, 1.54) is 11.8 Å². The highest BCUT2D eigenvalue weighted by Crippen LogP contribution is 2.31. The number of nitrogens with two attached hydrogens (primary N) is 1. The van der Waals surface area contributed by atoms with Gasteiger partial charge in [0.15, 0.2) is 0 Å². The summed E-state index contributed by atoms with van der Waals surface area (Å²) >= 11 is 1.41. The number of ether oxygens (including phenoxy) is 1. The maximum atomic E-state index is 9.04. The first kappa shape index (κ1) is 12.3. The number of rotatable bonds is 3. The normalized spacial score (nSPS) is 9.78. The van der Waals surface area contributed by atoms with Crippen molar-refractivity contribution in [3.8, 4) is 11.8 Å². The van der Waals surface area contributed by atoms with Crippen molar-refractivity contribution in [2.24, 2.45) is 0 Å². The van der Waals surface area contributed by atoms with Crippen LogP contribution in [-0.4, -0.2) is 12.1 Å². The molecule has 0 unspecified atom stereocenters. The van der Waals surface area contributed by atoms with Gasteiger partial charge in [-0.25, -0.2) is 4.98 Å². The van der Waals surface area contributed by atoms with Crippen molar-refractivity contribution in [2.45, 2.75) is 9.92 Å². The quantitative estimate of drug-likeness (QED) is 0.915. The van der Waals surface area contributed by atoms with Crippen molar-refractivity contribution in [2.75, 3.05) is 12.8 Å². The Bertz CT molecular complexity index is 607. The van der Waals surface area contributed by atoms with Gasteiger partial charge in [-0.1, -0.05) is 17.8 Å². The summed E-state index contributed by atoms with van der Waals surface area (Å²) in [7, 11) is 1.62. The van der Waals surface area contributed by atoms with Crippen LogP contribution in [0.3, 0.4) is 0 Å². The molecule has 0 saturated carbocycles. The largest absolute Gasteiger partial charge is 0.497 e. The first-order chi connectivity index (χ1) is 8.72. The van der Waals surface area contributed by atoms with E-state index >= 15 is 0 Å². The van der Waals surface area contributed by atoms with E-state index in [4.69, 9.17) is 15.7 Å². The summed E-state index contributed by atoms with van der Waals surface area (Å²) in [6.07, 6.45) is 1.54. The number of anilines is 1. The highest BCUT2D eigenvalue weighted by atomic mass is 32.2. The molecular weight excluding hydrogens is 246 g/mol. The molecule has 90 valence electrons. The van der Waals surface area contributed by atoms with Gasteiger partial charge in [-0.3, -0.25) is 0 Å². The molecule has 4 nitrogen and oxygen atoms in total. The van der Waals surface area contributed by atoms with Gasteiger partial charge in [-0.05, 0) is 24.3 Å². The average molecular weight is 257 g/mol. The second kappa shape index (κ2) is 5.43. The van der Waals surface area contributed by atoms with E-state index in [0.29, 0.717) is 16.3 Å². The molecule has 0 spiro atoms. The van der Waals surface area contributed by atoms with E-state index in [-0.39, 0.29) is 0 Å². The summed E-state index contributed by atoms with van der Waals surface area (Å²) in [5.41, 5.74) is 6.56. The summed E-state index contributed by atoms with van der Waals surface area (Å²) < 4.78 is 5.15. The number of benzene rings is 1. The average Bonchev–Trinajstić information content (AvgIpc) is 2.41. The van der Waals surface area contributed by atoms with Gasteiger partial charge < -0.3 is 10.5 Å². The molecule has 2 aromatic rings. The van der Waals surface area contributed by atoms with Gasteiger partial charge in [0.2, 0.25) is 0 Å². The third kappa shape index (κ3) is 2.73. The first-order valence-corrected chi connectivity index (χ1v) is 6.02. The maximum absolute atomic E-state index is 9.04. The number of nitriles is 1. The summed E-state index contributed by atoms with van der Waals surface area (Å²) in [6.45, 7) is 0. The lowest BCUT2D eigenvalue weighted by molar-refractivity contribution is 0.413. The monoisotopic (exact) mass is 257 g/mol. The molecule has 1 heterocycles. The van der Waals surface area contributed by atoms with Gasteiger partial charge in [0.25, 0.3) is 0 Å². The van der Waals surface area contributed by atoms with Crippen molar-refractivity contribution in [1.29, 1.82) is 5.26 Å². The molecule has 2 N–H and O–H groups in total. The zero-order chi connectivity index (χ0) is 13.0. The van der Waals surface area contributed by atoms with Crippen LogP contribution in [0.1, 0.15) is 5.56 Å². The Labute approximate surface area is 109 Å². The van der Waals surface area contributed by atoms with Crippen LogP contribution in [0.25, 0.3) is 0 Å². The lowest BCUT2D eigenvalue weighted by atomic mass is 10.3. The number of pyridine rings is 1. The maximum Gasteiger partial charge on any atom is 0.119 e.